The van der Waals surface area contributed by atoms with E-state index in [2.05, 4.69) is 22.3 Å². The summed E-state index contributed by atoms with van der Waals surface area (Å²) < 4.78 is 5.30. The summed E-state index contributed by atoms with van der Waals surface area (Å²) in [7, 11) is 1.60. The van der Waals surface area contributed by atoms with Crippen LogP contribution in [0.5, 0.6) is 0 Å². The Labute approximate surface area is 136 Å². The number of aromatic amines is 1. The largest absolute Gasteiger partial charge is 0.372 e. The second kappa shape index (κ2) is 6.96. The van der Waals surface area contributed by atoms with Crippen molar-refractivity contribution in [1.82, 2.24) is 15.1 Å². The Kier molecular flexibility index (Phi) is 4.76. The molecule has 1 atom stereocenters. The molecule has 1 unspecified atom stereocenters. The predicted octanol–water partition coefficient (Wildman–Crippen LogP) is 2.43. The molecule has 1 amide bonds. The Bertz CT molecular complexity index is 662. The van der Waals surface area contributed by atoms with Crippen molar-refractivity contribution in [1.29, 1.82) is 0 Å². The smallest absolute Gasteiger partial charge is 0.251 e. The summed E-state index contributed by atoms with van der Waals surface area (Å²) in [5.74, 6) is 0.0920. The number of rotatable bonds is 4. The summed E-state index contributed by atoms with van der Waals surface area (Å²) in [4.78, 5) is 14.4. The van der Waals surface area contributed by atoms with Crippen LogP contribution in [-0.2, 0) is 22.4 Å². The van der Waals surface area contributed by atoms with E-state index in [-0.39, 0.29) is 12.0 Å². The highest BCUT2D eigenvalue weighted by Crippen LogP contribution is 2.26. The highest BCUT2D eigenvalue weighted by Gasteiger charge is 2.26. The van der Waals surface area contributed by atoms with Crippen LogP contribution in [0, 0.1) is 0 Å². The highest BCUT2D eigenvalue weighted by molar-refractivity contribution is 5.81. The predicted molar refractivity (Wildman–Crippen MR) is 89.1 cm³/mol. The molecule has 5 heteroatoms. The van der Waals surface area contributed by atoms with Gasteiger partial charge in [-0.1, -0.05) is 37.3 Å². The molecule has 0 bridgehead atoms. The van der Waals surface area contributed by atoms with E-state index in [4.69, 9.17) is 4.74 Å². The van der Waals surface area contributed by atoms with Crippen LogP contribution in [0.3, 0.4) is 0 Å². The molecule has 1 aromatic carbocycles. The molecule has 2 aromatic rings. The lowest BCUT2D eigenvalue weighted by Gasteiger charge is -2.24. The summed E-state index contributed by atoms with van der Waals surface area (Å²) in [6.45, 7) is 3.40. The molecule has 3 rings (SSSR count). The molecule has 2 heterocycles. The summed E-state index contributed by atoms with van der Waals surface area (Å²) in [6.07, 6.45) is 2.00. The number of carbonyl (C=O) groups is 1. The molecule has 0 spiro atoms. The Balaban J connectivity index is 1.79. The van der Waals surface area contributed by atoms with Crippen molar-refractivity contribution in [2.24, 2.45) is 0 Å². The molecule has 1 aromatic heterocycles. The third-order valence-corrected chi connectivity index (χ3v) is 4.51. The summed E-state index contributed by atoms with van der Waals surface area (Å²) >= 11 is 0. The van der Waals surface area contributed by atoms with Crippen molar-refractivity contribution in [2.45, 2.75) is 32.3 Å². The number of hydrogen-bond donors (Lipinski definition) is 1. The van der Waals surface area contributed by atoms with Gasteiger partial charge in [0.1, 0.15) is 6.10 Å². The van der Waals surface area contributed by atoms with Crippen LogP contribution in [0.25, 0.3) is 11.3 Å². The van der Waals surface area contributed by atoms with Crippen molar-refractivity contribution in [3.8, 4) is 11.3 Å². The second-order valence-corrected chi connectivity index (χ2v) is 5.85. The fraction of sp³-hybridized carbons (Fsp3) is 0.444. The average Bonchev–Trinajstić information content (AvgIpc) is 2.88. The van der Waals surface area contributed by atoms with Gasteiger partial charge in [0.2, 0.25) is 0 Å². The zero-order valence-electron chi connectivity index (χ0n) is 13.7. The average molecular weight is 313 g/mol. The van der Waals surface area contributed by atoms with E-state index < -0.39 is 0 Å². The van der Waals surface area contributed by atoms with Gasteiger partial charge in [0.05, 0.1) is 5.69 Å². The first-order valence-electron chi connectivity index (χ1n) is 8.17. The van der Waals surface area contributed by atoms with E-state index in [0.717, 1.165) is 29.8 Å². The number of H-pyrrole nitrogens is 1. The number of nitrogens with one attached hydrogen (secondary N) is 1. The summed E-state index contributed by atoms with van der Waals surface area (Å²) in [5.41, 5.74) is 4.50. The standard InChI is InChI=1S/C18H23N3O2/c1-3-16(23-2)18(22)21-11-9-14-15(10-12-21)19-20-17(14)13-7-5-4-6-8-13/h4-8,16H,3,9-12H2,1-2H3,(H,19,20). The van der Waals surface area contributed by atoms with Crippen molar-refractivity contribution in [3.05, 3.63) is 41.6 Å². The number of amides is 1. The lowest BCUT2D eigenvalue weighted by atomic mass is 10.0. The van der Waals surface area contributed by atoms with Gasteiger partial charge < -0.3 is 9.64 Å². The van der Waals surface area contributed by atoms with E-state index >= 15 is 0 Å². The van der Waals surface area contributed by atoms with Gasteiger partial charge in [-0.2, -0.15) is 5.10 Å². The summed E-state index contributed by atoms with van der Waals surface area (Å²) in [5, 5.41) is 7.66. The van der Waals surface area contributed by atoms with Gasteiger partial charge in [0.15, 0.2) is 0 Å². The molecule has 1 N–H and O–H groups in total. The quantitative estimate of drug-likeness (QED) is 0.943. The molecule has 23 heavy (non-hydrogen) atoms. The van der Waals surface area contributed by atoms with Crippen molar-refractivity contribution < 1.29 is 9.53 Å². The number of hydrogen-bond acceptors (Lipinski definition) is 3. The third-order valence-electron chi connectivity index (χ3n) is 4.51. The summed E-state index contributed by atoms with van der Waals surface area (Å²) in [6, 6.07) is 10.2. The SMILES string of the molecule is CCC(OC)C(=O)N1CCc2[nH]nc(-c3ccccc3)c2CC1. The van der Waals surface area contributed by atoms with E-state index in [1.54, 1.807) is 7.11 Å². The first-order chi connectivity index (χ1) is 11.2. The van der Waals surface area contributed by atoms with Gasteiger partial charge in [0, 0.05) is 43.4 Å². The lowest BCUT2D eigenvalue weighted by molar-refractivity contribution is -0.142. The first kappa shape index (κ1) is 15.7. The number of benzene rings is 1. The van der Waals surface area contributed by atoms with Crippen LogP contribution in [0.15, 0.2) is 30.3 Å². The van der Waals surface area contributed by atoms with Gasteiger partial charge in [-0.3, -0.25) is 9.89 Å². The maximum absolute atomic E-state index is 12.5. The molecular weight excluding hydrogens is 290 g/mol. The molecule has 122 valence electrons. The zero-order chi connectivity index (χ0) is 16.2. The van der Waals surface area contributed by atoms with Crippen LogP contribution < -0.4 is 0 Å². The number of methoxy groups -OCH3 is 1. The number of ether oxygens (including phenoxy) is 1. The minimum atomic E-state index is -0.335. The number of aromatic nitrogens is 2. The van der Waals surface area contributed by atoms with E-state index in [1.807, 2.05) is 30.0 Å². The minimum absolute atomic E-state index is 0.0920. The van der Waals surface area contributed by atoms with Crippen LogP contribution in [0.1, 0.15) is 24.6 Å². The highest BCUT2D eigenvalue weighted by atomic mass is 16.5. The monoisotopic (exact) mass is 313 g/mol. The van der Waals surface area contributed by atoms with Gasteiger partial charge in [-0.15, -0.1) is 0 Å². The van der Waals surface area contributed by atoms with Crippen LogP contribution in [-0.4, -0.2) is 47.3 Å². The minimum Gasteiger partial charge on any atom is -0.372 e. The van der Waals surface area contributed by atoms with E-state index in [9.17, 15) is 4.79 Å². The Morgan fingerprint density at radius 1 is 1.30 bits per heavy atom. The van der Waals surface area contributed by atoms with Crippen molar-refractivity contribution >= 4 is 5.91 Å². The number of carbonyl (C=O) groups excluding carboxylic acids is 1. The molecule has 1 aliphatic rings. The molecule has 0 aliphatic carbocycles. The molecular formula is C18H23N3O2. The van der Waals surface area contributed by atoms with Crippen molar-refractivity contribution in [2.75, 3.05) is 20.2 Å². The van der Waals surface area contributed by atoms with E-state index in [0.29, 0.717) is 19.5 Å². The Hall–Kier alpha value is -2.14. The molecule has 1 aliphatic heterocycles. The van der Waals surface area contributed by atoms with Gasteiger partial charge >= 0.3 is 0 Å². The maximum Gasteiger partial charge on any atom is 0.251 e. The normalized spacial score (nSPS) is 15.8. The fourth-order valence-electron chi connectivity index (χ4n) is 3.18. The third kappa shape index (κ3) is 3.15. The maximum atomic E-state index is 12.5. The molecule has 0 fully saturated rings. The molecule has 0 saturated heterocycles. The second-order valence-electron chi connectivity index (χ2n) is 5.85. The topological polar surface area (TPSA) is 58.2 Å². The van der Waals surface area contributed by atoms with Crippen LogP contribution in [0.4, 0.5) is 0 Å². The molecule has 5 nitrogen and oxygen atoms in total. The van der Waals surface area contributed by atoms with E-state index in [1.165, 1.54) is 5.56 Å². The Morgan fingerprint density at radius 3 is 2.74 bits per heavy atom. The van der Waals surface area contributed by atoms with Crippen LogP contribution >= 0.6 is 0 Å². The molecule has 0 radical (unpaired) electrons. The molecule has 0 saturated carbocycles. The van der Waals surface area contributed by atoms with Crippen molar-refractivity contribution in [3.63, 3.8) is 0 Å². The fourth-order valence-corrected chi connectivity index (χ4v) is 3.18. The lowest BCUT2D eigenvalue weighted by Crippen LogP contribution is -2.41. The Morgan fingerprint density at radius 2 is 2.04 bits per heavy atom. The van der Waals surface area contributed by atoms with Gasteiger partial charge in [0.25, 0.3) is 5.91 Å². The van der Waals surface area contributed by atoms with Gasteiger partial charge in [-0.25, -0.2) is 0 Å². The zero-order valence-corrected chi connectivity index (χ0v) is 13.7. The van der Waals surface area contributed by atoms with Crippen LogP contribution in [0.2, 0.25) is 0 Å². The number of nitrogens with zero attached hydrogens (tertiary/aromatic N) is 2. The van der Waals surface area contributed by atoms with Gasteiger partial charge in [-0.05, 0) is 12.8 Å². The first-order valence-corrected chi connectivity index (χ1v) is 8.17. The number of fused-ring (bicyclic) bond motifs is 1.